The van der Waals surface area contributed by atoms with Crippen molar-refractivity contribution in [1.82, 2.24) is 0 Å². The molecule has 0 radical (unpaired) electrons. The summed E-state index contributed by atoms with van der Waals surface area (Å²) in [6.07, 6.45) is 4.86. The van der Waals surface area contributed by atoms with Crippen LogP contribution >= 0.6 is 0 Å². The summed E-state index contributed by atoms with van der Waals surface area (Å²) in [7, 11) is 0. The highest BCUT2D eigenvalue weighted by Crippen LogP contribution is 2.16. The molecule has 0 fully saturated rings. The molecular weight excluding hydrogens is 346 g/mol. The van der Waals surface area contributed by atoms with Gasteiger partial charge in [0.2, 0.25) is 5.90 Å². The second-order valence-electron chi connectivity index (χ2n) is 6.80. The van der Waals surface area contributed by atoms with Gasteiger partial charge in [-0.1, -0.05) is 72.8 Å². The van der Waals surface area contributed by atoms with Gasteiger partial charge in [-0.2, -0.15) is 0 Å². The zero-order valence-electron chi connectivity index (χ0n) is 15.7. The Morgan fingerprint density at radius 2 is 1.50 bits per heavy atom. The van der Waals surface area contributed by atoms with Gasteiger partial charge in [-0.3, -0.25) is 0 Å². The molecule has 1 aliphatic heterocycles. The molecule has 0 saturated carbocycles. The number of rotatable bonds is 7. The molecule has 1 heterocycles. The third-order valence-corrected chi connectivity index (χ3v) is 4.59. The predicted octanol–water partition coefficient (Wildman–Crippen LogP) is 5.32. The summed E-state index contributed by atoms with van der Waals surface area (Å²) in [4.78, 5) is 4.66. The molecule has 0 spiro atoms. The van der Waals surface area contributed by atoms with Crippen molar-refractivity contribution < 1.29 is 9.47 Å². The first-order valence-corrected chi connectivity index (χ1v) is 9.54. The zero-order valence-corrected chi connectivity index (χ0v) is 15.7. The third-order valence-electron chi connectivity index (χ3n) is 4.59. The van der Waals surface area contributed by atoms with Crippen molar-refractivity contribution in [2.45, 2.75) is 19.1 Å². The number of hydrogen-bond acceptors (Lipinski definition) is 3. The van der Waals surface area contributed by atoms with Crippen LogP contribution in [0.2, 0.25) is 0 Å². The molecule has 3 aromatic carbocycles. The Labute approximate surface area is 166 Å². The van der Waals surface area contributed by atoms with Crippen LogP contribution in [0.3, 0.4) is 0 Å². The maximum absolute atomic E-state index is 5.82. The van der Waals surface area contributed by atoms with E-state index >= 15 is 0 Å². The van der Waals surface area contributed by atoms with Crippen LogP contribution in [0.1, 0.15) is 16.7 Å². The lowest BCUT2D eigenvalue weighted by Gasteiger charge is -2.06. The van der Waals surface area contributed by atoms with Gasteiger partial charge in [0.25, 0.3) is 0 Å². The molecule has 0 N–H and O–H groups in total. The van der Waals surface area contributed by atoms with E-state index in [0.717, 1.165) is 23.3 Å². The second kappa shape index (κ2) is 9.05. The van der Waals surface area contributed by atoms with Crippen LogP contribution in [-0.2, 0) is 17.8 Å². The topological polar surface area (TPSA) is 30.8 Å². The van der Waals surface area contributed by atoms with E-state index in [4.69, 9.17) is 9.47 Å². The first-order chi connectivity index (χ1) is 13.8. The van der Waals surface area contributed by atoms with Crippen molar-refractivity contribution in [3.05, 3.63) is 108 Å². The molecule has 0 aliphatic carbocycles. The van der Waals surface area contributed by atoms with E-state index in [1.807, 2.05) is 60.7 Å². The molecule has 140 valence electrons. The van der Waals surface area contributed by atoms with E-state index in [0.29, 0.717) is 19.1 Å². The molecule has 1 aliphatic rings. The van der Waals surface area contributed by atoms with Crippen molar-refractivity contribution in [1.29, 1.82) is 0 Å². The zero-order chi connectivity index (χ0) is 19.0. The Kier molecular flexibility index (Phi) is 5.83. The van der Waals surface area contributed by atoms with Gasteiger partial charge >= 0.3 is 0 Å². The molecule has 0 bridgehead atoms. The third kappa shape index (κ3) is 5.10. The molecule has 3 aromatic rings. The van der Waals surface area contributed by atoms with Gasteiger partial charge in [0.1, 0.15) is 19.0 Å². The minimum Gasteiger partial charge on any atom is -0.489 e. The highest BCUT2D eigenvalue weighted by atomic mass is 16.5. The summed E-state index contributed by atoms with van der Waals surface area (Å²) < 4.78 is 11.5. The van der Waals surface area contributed by atoms with Gasteiger partial charge in [0.05, 0.1) is 6.04 Å². The normalized spacial score (nSPS) is 16.0. The van der Waals surface area contributed by atoms with Crippen molar-refractivity contribution in [2.75, 3.05) is 6.61 Å². The molecule has 1 atom stereocenters. The average Bonchev–Trinajstić information content (AvgIpc) is 3.20. The molecule has 3 nitrogen and oxygen atoms in total. The van der Waals surface area contributed by atoms with Crippen LogP contribution in [-0.4, -0.2) is 18.5 Å². The van der Waals surface area contributed by atoms with E-state index in [1.165, 1.54) is 5.56 Å². The quantitative estimate of drug-likeness (QED) is 0.564. The van der Waals surface area contributed by atoms with Crippen LogP contribution in [0.5, 0.6) is 5.75 Å². The summed E-state index contributed by atoms with van der Waals surface area (Å²) in [6.45, 7) is 1.21. The molecule has 3 heteroatoms. The Hall–Kier alpha value is -3.33. The second-order valence-corrected chi connectivity index (χ2v) is 6.80. The van der Waals surface area contributed by atoms with Crippen LogP contribution in [0.15, 0.2) is 96.0 Å². The van der Waals surface area contributed by atoms with E-state index in [9.17, 15) is 0 Å². The first kappa shape index (κ1) is 18.1. The highest BCUT2D eigenvalue weighted by Gasteiger charge is 2.17. The lowest BCUT2D eigenvalue weighted by Crippen LogP contribution is -2.09. The maximum atomic E-state index is 5.82. The maximum Gasteiger partial charge on any atom is 0.209 e. The fourth-order valence-corrected chi connectivity index (χ4v) is 3.10. The summed E-state index contributed by atoms with van der Waals surface area (Å²) in [5.74, 6) is 1.56. The van der Waals surface area contributed by atoms with Gasteiger partial charge in [-0.05, 0) is 41.3 Å². The number of hydrogen-bond donors (Lipinski definition) is 0. The lowest BCUT2D eigenvalue weighted by molar-refractivity contribution is 0.306. The number of benzene rings is 3. The van der Waals surface area contributed by atoms with Crippen molar-refractivity contribution >= 4 is 12.0 Å². The highest BCUT2D eigenvalue weighted by molar-refractivity contribution is 5.92. The Morgan fingerprint density at radius 1 is 0.821 bits per heavy atom. The van der Waals surface area contributed by atoms with Gasteiger partial charge in [0.15, 0.2) is 0 Å². The van der Waals surface area contributed by atoms with E-state index in [1.54, 1.807) is 0 Å². The Morgan fingerprint density at radius 3 is 2.21 bits per heavy atom. The van der Waals surface area contributed by atoms with Gasteiger partial charge in [0, 0.05) is 6.08 Å². The fourth-order valence-electron chi connectivity index (χ4n) is 3.10. The van der Waals surface area contributed by atoms with Crippen molar-refractivity contribution in [3.63, 3.8) is 0 Å². The summed E-state index contributed by atoms with van der Waals surface area (Å²) in [5.41, 5.74) is 3.54. The van der Waals surface area contributed by atoms with E-state index < -0.39 is 0 Å². The lowest BCUT2D eigenvalue weighted by atomic mass is 10.1. The number of nitrogens with zero attached hydrogens (tertiary/aromatic N) is 1. The molecular formula is C25H23NO2. The van der Waals surface area contributed by atoms with E-state index in [2.05, 4.69) is 41.4 Å². The minimum absolute atomic E-state index is 0.191. The smallest absolute Gasteiger partial charge is 0.209 e. The minimum atomic E-state index is 0.191. The van der Waals surface area contributed by atoms with Crippen LogP contribution < -0.4 is 4.74 Å². The summed E-state index contributed by atoms with van der Waals surface area (Å²) in [6, 6.07) is 28.8. The van der Waals surface area contributed by atoms with E-state index in [-0.39, 0.29) is 6.04 Å². The largest absolute Gasteiger partial charge is 0.489 e. The van der Waals surface area contributed by atoms with Gasteiger partial charge < -0.3 is 9.47 Å². The predicted molar refractivity (Wildman–Crippen MR) is 114 cm³/mol. The monoisotopic (exact) mass is 369 g/mol. The molecule has 0 aromatic heterocycles. The standard InChI is InChI=1S/C25H23NO2/c1-3-7-21(8-4-1)17-23-19-28-25(26-23)16-13-20-11-14-24(15-12-20)27-18-22-9-5-2-6-10-22/h1-16,23H,17-19H2/b16-13+/t23-/m0/s1. The Balaban J connectivity index is 1.30. The summed E-state index contributed by atoms with van der Waals surface area (Å²) >= 11 is 0. The molecule has 28 heavy (non-hydrogen) atoms. The number of aliphatic imine (C=N–C) groups is 1. The van der Waals surface area contributed by atoms with Gasteiger partial charge in [-0.15, -0.1) is 0 Å². The number of ether oxygens (including phenoxy) is 2. The van der Waals surface area contributed by atoms with Crippen molar-refractivity contribution in [3.8, 4) is 5.75 Å². The SMILES string of the molecule is C(=C\c1ccc(OCc2ccccc2)cc1)/C1=N[C@@H](Cc2ccccc2)CO1. The van der Waals surface area contributed by atoms with Crippen LogP contribution in [0.4, 0.5) is 0 Å². The molecule has 0 saturated heterocycles. The van der Waals surface area contributed by atoms with Crippen LogP contribution in [0, 0.1) is 0 Å². The Bertz CT molecular complexity index is 931. The van der Waals surface area contributed by atoms with Crippen molar-refractivity contribution in [2.24, 2.45) is 4.99 Å². The average molecular weight is 369 g/mol. The fraction of sp³-hybridized carbons (Fsp3) is 0.160. The summed E-state index contributed by atoms with van der Waals surface area (Å²) in [5, 5.41) is 0. The molecule has 0 unspecified atom stereocenters. The molecule has 0 amide bonds. The van der Waals surface area contributed by atoms with Gasteiger partial charge in [-0.25, -0.2) is 4.99 Å². The van der Waals surface area contributed by atoms with Crippen LogP contribution in [0.25, 0.3) is 6.08 Å². The molecule has 4 rings (SSSR count). The first-order valence-electron chi connectivity index (χ1n) is 9.54.